The number of rotatable bonds is 16. The van der Waals surface area contributed by atoms with Crippen LogP contribution < -0.4 is 4.74 Å². The van der Waals surface area contributed by atoms with Crippen LogP contribution in [0, 0.1) is 0 Å². The molecule has 0 aliphatic carbocycles. The van der Waals surface area contributed by atoms with Crippen molar-refractivity contribution in [2.24, 2.45) is 0 Å². The molecule has 2 rings (SSSR count). The third-order valence-electron chi connectivity index (χ3n) is 5.03. The molecule has 0 spiro atoms. The predicted molar refractivity (Wildman–Crippen MR) is 145 cm³/mol. The zero-order valence-corrected chi connectivity index (χ0v) is 21.8. The van der Waals surface area contributed by atoms with Crippen molar-refractivity contribution in [2.45, 2.75) is 69.7 Å². The number of aryl methyl sites for hydroxylation is 1. The number of hydrogen-bond acceptors (Lipinski definition) is 5. The van der Waals surface area contributed by atoms with Crippen LogP contribution in [0.1, 0.15) is 58.7 Å². The van der Waals surface area contributed by atoms with Gasteiger partial charge < -0.3 is 9.84 Å². The Morgan fingerprint density at radius 3 is 2.83 bits per heavy atom. The molecule has 188 valence electrons. The van der Waals surface area contributed by atoms with E-state index in [0.717, 1.165) is 47.9 Å². The van der Waals surface area contributed by atoms with Crippen LogP contribution >= 0.6 is 11.8 Å². The second kappa shape index (κ2) is 15.8. The smallest absolute Gasteiger partial charge is 0.303 e. The van der Waals surface area contributed by atoms with E-state index in [1.54, 1.807) is 17.8 Å². The van der Waals surface area contributed by atoms with Gasteiger partial charge in [-0.25, -0.2) is 0 Å². The molecule has 6 nitrogen and oxygen atoms in total. The molecule has 0 bridgehead atoms. The number of benzene rings is 1. The van der Waals surface area contributed by atoms with Crippen molar-refractivity contribution in [3.05, 3.63) is 78.7 Å². The van der Waals surface area contributed by atoms with Crippen LogP contribution in [0.2, 0.25) is 0 Å². The number of hydrogen-bond donors (Lipinski definition) is 1. The lowest BCUT2D eigenvalue weighted by Gasteiger charge is -2.14. The highest BCUT2D eigenvalue weighted by molar-refractivity contribution is 7.99. The maximum Gasteiger partial charge on any atom is 0.303 e. The average molecular weight is 496 g/mol. The number of nitrogens with zero attached hydrogens (tertiary/aromatic N) is 3. The van der Waals surface area contributed by atoms with E-state index in [4.69, 9.17) is 9.84 Å². The van der Waals surface area contributed by atoms with Crippen molar-refractivity contribution in [3.63, 3.8) is 0 Å². The Morgan fingerprint density at radius 2 is 2.11 bits per heavy atom. The first-order valence-corrected chi connectivity index (χ1v) is 13.0. The minimum absolute atomic E-state index is 0.0938. The molecule has 35 heavy (non-hydrogen) atoms. The SMILES string of the molecule is C=C/C=C(C)\C=C/CC(/C=C/CC)Sc1nnc(CCC)n1-c1cccc(OCCCC(=O)O)c1. The topological polar surface area (TPSA) is 77.2 Å². The van der Waals surface area contributed by atoms with Crippen molar-refractivity contribution in [3.8, 4) is 11.4 Å². The Morgan fingerprint density at radius 1 is 1.29 bits per heavy atom. The number of carbonyl (C=O) groups is 1. The molecular formula is C28H37N3O3S. The lowest BCUT2D eigenvalue weighted by Crippen LogP contribution is -2.06. The number of allylic oxidation sites excluding steroid dienone is 6. The summed E-state index contributed by atoms with van der Waals surface area (Å²) in [5.74, 6) is 0.803. The number of carboxylic acids is 1. The van der Waals surface area contributed by atoms with E-state index >= 15 is 0 Å². The van der Waals surface area contributed by atoms with Gasteiger partial charge in [0.05, 0.1) is 12.3 Å². The molecular weight excluding hydrogens is 458 g/mol. The van der Waals surface area contributed by atoms with Crippen molar-refractivity contribution in [2.75, 3.05) is 6.61 Å². The molecule has 1 heterocycles. The van der Waals surface area contributed by atoms with Gasteiger partial charge in [0.1, 0.15) is 11.6 Å². The molecule has 7 heteroatoms. The molecule has 1 atom stereocenters. The first-order chi connectivity index (χ1) is 17.0. The van der Waals surface area contributed by atoms with Gasteiger partial charge in [-0.2, -0.15) is 0 Å². The van der Waals surface area contributed by atoms with E-state index in [-0.39, 0.29) is 11.7 Å². The fourth-order valence-corrected chi connectivity index (χ4v) is 4.44. The van der Waals surface area contributed by atoms with Gasteiger partial charge in [-0.1, -0.05) is 80.3 Å². The Bertz CT molecular complexity index is 1040. The van der Waals surface area contributed by atoms with Crippen molar-refractivity contribution in [1.82, 2.24) is 14.8 Å². The van der Waals surface area contributed by atoms with Gasteiger partial charge in [0.2, 0.25) is 0 Å². The Hall–Kier alpha value is -3.06. The molecule has 1 aromatic carbocycles. The zero-order chi connectivity index (χ0) is 25.5. The average Bonchev–Trinajstić information content (AvgIpc) is 3.22. The van der Waals surface area contributed by atoms with Crippen LogP contribution in [0.3, 0.4) is 0 Å². The number of carboxylic acid groups (broad SMARTS) is 1. The molecule has 2 aromatic rings. The monoisotopic (exact) mass is 495 g/mol. The molecule has 0 fully saturated rings. The lowest BCUT2D eigenvalue weighted by molar-refractivity contribution is -0.137. The van der Waals surface area contributed by atoms with Crippen molar-refractivity contribution < 1.29 is 14.6 Å². The first kappa shape index (κ1) is 28.2. The minimum atomic E-state index is -0.814. The van der Waals surface area contributed by atoms with Crippen LogP contribution in [0.4, 0.5) is 0 Å². The van der Waals surface area contributed by atoms with E-state index in [1.165, 1.54) is 0 Å². The third-order valence-corrected chi connectivity index (χ3v) is 6.15. The molecule has 0 radical (unpaired) electrons. The van der Waals surface area contributed by atoms with Gasteiger partial charge in [0.25, 0.3) is 0 Å². The van der Waals surface area contributed by atoms with Crippen LogP contribution in [0.5, 0.6) is 5.75 Å². The lowest BCUT2D eigenvalue weighted by atomic mass is 10.2. The van der Waals surface area contributed by atoms with E-state index in [2.05, 4.69) is 66.4 Å². The maximum atomic E-state index is 10.7. The summed E-state index contributed by atoms with van der Waals surface area (Å²) in [5.41, 5.74) is 2.10. The maximum absolute atomic E-state index is 10.7. The third kappa shape index (κ3) is 9.99. The molecule has 1 N–H and O–H groups in total. The second-order valence-corrected chi connectivity index (χ2v) is 9.31. The summed E-state index contributed by atoms with van der Waals surface area (Å²) in [4.78, 5) is 10.7. The summed E-state index contributed by atoms with van der Waals surface area (Å²) < 4.78 is 7.92. The summed E-state index contributed by atoms with van der Waals surface area (Å²) >= 11 is 1.70. The number of aliphatic carboxylic acids is 1. The first-order valence-electron chi connectivity index (χ1n) is 12.2. The van der Waals surface area contributed by atoms with E-state index < -0.39 is 5.97 Å². The highest BCUT2D eigenvalue weighted by Crippen LogP contribution is 2.30. The van der Waals surface area contributed by atoms with Gasteiger partial charge in [0, 0.05) is 24.2 Å². The van der Waals surface area contributed by atoms with Crippen LogP contribution in [-0.4, -0.2) is 37.7 Å². The number of ether oxygens (including phenoxy) is 1. The summed E-state index contributed by atoms with van der Waals surface area (Å²) in [7, 11) is 0. The Labute approximate surface area is 213 Å². The molecule has 0 saturated heterocycles. The van der Waals surface area contributed by atoms with Crippen molar-refractivity contribution in [1.29, 1.82) is 0 Å². The van der Waals surface area contributed by atoms with E-state index in [0.29, 0.717) is 18.8 Å². The largest absolute Gasteiger partial charge is 0.494 e. The van der Waals surface area contributed by atoms with Gasteiger partial charge in [-0.05, 0) is 44.7 Å². The van der Waals surface area contributed by atoms with Gasteiger partial charge in [-0.15, -0.1) is 10.2 Å². The molecule has 1 unspecified atom stereocenters. The summed E-state index contributed by atoms with van der Waals surface area (Å²) in [6.07, 6.45) is 16.7. The Balaban J connectivity index is 2.28. The fourth-order valence-electron chi connectivity index (χ4n) is 3.37. The highest BCUT2D eigenvalue weighted by atomic mass is 32.2. The Kier molecular flexibility index (Phi) is 12.7. The molecule has 0 aliphatic heterocycles. The number of aromatic nitrogens is 3. The normalized spacial score (nSPS) is 12.9. The van der Waals surface area contributed by atoms with Crippen LogP contribution in [0.25, 0.3) is 5.69 Å². The number of thioether (sulfide) groups is 1. The molecule has 0 aliphatic rings. The van der Waals surface area contributed by atoms with Gasteiger partial charge in [0.15, 0.2) is 5.16 Å². The molecule has 0 saturated carbocycles. The van der Waals surface area contributed by atoms with Crippen molar-refractivity contribution >= 4 is 17.7 Å². The van der Waals surface area contributed by atoms with Crippen LogP contribution in [-0.2, 0) is 11.2 Å². The molecule has 0 amide bonds. The van der Waals surface area contributed by atoms with Gasteiger partial charge >= 0.3 is 5.97 Å². The predicted octanol–water partition coefficient (Wildman–Crippen LogP) is 6.97. The minimum Gasteiger partial charge on any atom is -0.494 e. The summed E-state index contributed by atoms with van der Waals surface area (Å²) in [5, 5.41) is 18.9. The molecule has 1 aromatic heterocycles. The van der Waals surface area contributed by atoms with Gasteiger partial charge in [-0.3, -0.25) is 9.36 Å². The summed E-state index contributed by atoms with van der Waals surface area (Å²) in [6.45, 7) is 10.4. The van der Waals surface area contributed by atoms with E-state index in [9.17, 15) is 4.79 Å². The fraction of sp³-hybridized carbons (Fsp3) is 0.393. The summed E-state index contributed by atoms with van der Waals surface area (Å²) in [6, 6.07) is 7.82. The standard InChI is InChI=1S/C28H37N3O3S/c1-5-8-17-25(18-9-14-22(4)12-6-2)35-28-30-29-26(13-7-3)31(28)23-15-10-16-24(21-23)34-20-11-19-27(32)33/h6,8-10,12,14-17,21,25H,2,5,7,11,13,18-20H2,1,3-4H3,(H,32,33)/b14-9-,17-8+,22-12-. The van der Waals surface area contributed by atoms with Crippen LogP contribution in [0.15, 0.2) is 78.0 Å². The highest BCUT2D eigenvalue weighted by Gasteiger charge is 2.18. The van der Waals surface area contributed by atoms with E-state index in [1.807, 2.05) is 30.3 Å². The second-order valence-electron chi connectivity index (χ2n) is 8.10. The zero-order valence-electron chi connectivity index (χ0n) is 21.0. The quantitative estimate of drug-likeness (QED) is 0.117.